The van der Waals surface area contributed by atoms with Gasteiger partial charge in [0.1, 0.15) is 5.25 Å². The summed E-state index contributed by atoms with van der Waals surface area (Å²) in [6, 6.07) is 3.72. The van der Waals surface area contributed by atoms with Gasteiger partial charge in [0.15, 0.2) is 9.84 Å². The van der Waals surface area contributed by atoms with Gasteiger partial charge in [0, 0.05) is 16.3 Å². The number of benzene rings is 1. The lowest BCUT2D eigenvalue weighted by atomic mass is 10.0. The first-order valence-corrected chi connectivity index (χ1v) is 7.48. The van der Waals surface area contributed by atoms with Gasteiger partial charge in [-0.3, -0.25) is 0 Å². The minimum absolute atomic E-state index is 0.284. The van der Waals surface area contributed by atoms with Crippen LogP contribution in [0.1, 0.15) is 11.6 Å². The Bertz CT molecular complexity index is 504. The number of hydrogen-bond donors (Lipinski definition) is 2. The average Bonchev–Trinajstić information content (AvgIpc) is 2.15. The molecule has 3 N–H and O–H groups in total. The molecule has 1 rings (SSSR count). The third kappa shape index (κ3) is 3.56. The van der Waals surface area contributed by atoms with Gasteiger partial charge >= 0.3 is 0 Å². The minimum atomic E-state index is -3.46. The second-order valence-corrected chi connectivity index (χ2v) is 6.85. The van der Waals surface area contributed by atoms with E-state index in [1.54, 1.807) is 12.1 Å². The van der Waals surface area contributed by atoms with Crippen molar-refractivity contribution in [3.8, 4) is 0 Å². The molecule has 0 bridgehead atoms. The monoisotopic (exact) mass is 297 g/mol. The number of rotatable bonds is 4. The zero-order valence-electron chi connectivity index (χ0n) is 9.10. The molecule has 1 aromatic carbocycles. The van der Waals surface area contributed by atoms with Gasteiger partial charge < -0.3 is 10.8 Å². The summed E-state index contributed by atoms with van der Waals surface area (Å²) in [5.74, 6) is 0. The lowest BCUT2D eigenvalue weighted by Gasteiger charge is -2.21. The largest absolute Gasteiger partial charge is 0.395 e. The van der Waals surface area contributed by atoms with Crippen LogP contribution in [0.4, 0.5) is 0 Å². The summed E-state index contributed by atoms with van der Waals surface area (Å²) < 4.78 is 22.9. The van der Waals surface area contributed by atoms with E-state index in [0.29, 0.717) is 10.6 Å². The van der Waals surface area contributed by atoms with E-state index in [9.17, 15) is 8.42 Å². The highest BCUT2D eigenvalue weighted by atomic mass is 35.5. The summed E-state index contributed by atoms with van der Waals surface area (Å²) in [6.45, 7) is -0.557. The third-order valence-electron chi connectivity index (χ3n) is 2.45. The average molecular weight is 298 g/mol. The molecule has 0 saturated heterocycles. The van der Waals surface area contributed by atoms with Crippen molar-refractivity contribution in [1.29, 1.82) is 0 Å². The van der Waals surface area contributed by atoms with Gasteiger partial charge in [0.05, 0.1) is 12.6 Å². The van der Waals surface area contributed by atoms with Gasteiger partial charge in [-0.15, -0.1) is 0 Å². The van der Waals surface area contributed by atoms with Crippen LogP contribution in [0.25, 0.3) is 0 Å². The molecular weight excluding hydrogens is 285 g/mol. The SMILES string of the molecule is CS(=O)(=O)[C@@H](CO)[C@@H](N)c1ccc(Cl)cc1Cl. The normalized spacial score (nSPS) is 15.6. The van der Waals surface area contributed by atoms with Gasteiger partial charge in [0.2, 0.25) is 0 Å². The maximum absolute atomic E-state index is 11.4. The molecule has 0 spiro atoms. The summed E-state index contributed by atoms with van der Waals surface area (Å²) in [4.78, 5) is 0. The Morgan fingerprint density at radius 3 is 2.41 bits per heavy atom. The maximum Gasteiger partial charge on any atom is 0.154 e. The van der Waals surface area contributed by atoms with E-state index < -0.39 is 27.7 Å². The van der Waals surface area contributed by atoms with Gasteiger partial charge in [-0.1, -0.05) is 29.3 Å². The Morgan fingerprint density at radius 2 is 2.00 bits per heavy atom. The molecule has 0 aliphatic rings. The van der Waals surface area contributed by atoms with Crippen LogP contribution in [0.15, 0.2) is 18.2 Å². The van der Waals surface area contributed by atoms with Gasteiger partial charge in [-0.2, -0.15) is 0 Å². The quantitative estimate of drug-likeness (QED) is 0.880. The van der Waals surface area contributed by atoms with Crippen LogP contribution in [0.5, 0.6) is 0 Å². The number of hydrogen-bond acceptors (Lipinski definition) is 4. The zero-order chi connectivity index (χ0) is 13.2. The van der Waals surface area contributed by atoms with Crippen molar-refractivity contribution in [2.24, 2.45) is 5.73 Å². The smallest absolute Gasteiger partial charge is 0.154 e. The molecule has 0 amide bonds. The van der Waals surface area contributed by atoms with Crippen LogP contribution in [0, 0.1) is 0 Å². The second-order valence-electron chi connectivity index (χ2n) is 3.74. The van der Waals surface area contributed by atoms with Crippen molar-refractivity contribution in [1.82, 2.24) is 0 Å². The highest BCUT2D eigenvalue weighted by Gasteiger charge is 2.29. The molecule has 0 aliphatic heterocycles. The molecular formula is C10H13Cl2NO3S. The van der Waals surface area contributed by atoms with Crippen molar-refractivity contribution < 1.29 is 13.5 Å². The molecule has 0 fully saturated rings. The molecule has 2 atom stereocenters. The van der Waals surface area contributed by atoms with Crippen LogP contribution in [0.3, 0.4) is 0 Å². The molecule has 0 saturated carbocycles. The fraction of sp³-hybridized carbons (Fsp3) is 0.400. The summed E-state index contributed by atoms with van der Waals surface area (Å²) >= 11 is 11.7. The predicted octanol–water partition coefficient (Wildman–Crippen LogP) is 1.40. The van der Waals surface area contributed by atoms with Crippen LogP contribution in [-0.2, 0) is 9.84 Å². The first-order valence-electron chi connectivity index (χ1n) is 4.77. The van der Waals surface area contributed by atoms with Crippen molar-refractivity contribution >= 4 is 33.0 Å². The zero-order valence-corrected chi connectivity index (χ0v) is 11.4. The van der Waals surface area contributed by atoms with Crippen molar-refractivity contribution in [3.05, 3.63) is 33.8 Å². The molecule has 0 aliphatic carbocycles. The molecule has 0 unspecified atom stereocenters. The summed E-state index contributed by atoms with van der Waals surface area (Å²) in [6.07, 6.45) is 1.03. The standard InChI is InChI=1S/C10H13Cl2NO3S/c1-17(15,16)9(5-14)10(13)7-3-2-6(11)4-8(7)12/h2-4,9-10,14H,5,13H2,1H3/t9-,10-/m0/s1. The van der Waals surface area contributed by atoms with Gasteiger partial charge in [0.25, 0.3) is 0 Å². The maximum atomic E-state index is 11.4. The molecule has 7 heteroatoms. The van der Waals surface area contributed by atoms with Crippen LogP contribution < -0.4 is 5.73 Å². The van der Waals surface area contributed by atoms with E-state index in [4.69, 9.17) is 34.0 Å². The number of sulfone groups is 1. The Hall–Kier alpha value is -0.330. The molecule has 0 radical (unpaired) electrons. The number of aliphatic hydroxyl groups excluding tert-OH is 1. The first kappa shape index (κ1) is 14.7. The molecule has 96 valence electrons. The van der Waals surface area contributed by atoms with E-state index in [0.717, 1.165) is 6.26 Å². The lowest BCUT2D eigenvalue weighted by molar-refractivity contribution is 0.278. The van der Waals surface area contributed by atoms with Crippen LogP contribution in [0.2, 0.25) is 10.0 Å². The van der Waals surface area contributed by atoms with Gasteiger partial charge in [-0.25, -0.2) is 8.42 Å². The second kappa shape index (κ2) is 5.54. The predicted molar refractivity (Wildman–Crippen MR) is 69.1 cm³/mol. The summed E-state index contributed by atoms with van der Waals surface area (Å²) in [5.41, 5.74) is 6.27. The Balaban J connectivity index is 3.15. The van der Waals surface area contributed by atoms with E-state index in [2.05, 4.69) is 0 Å². The van der Waals surface area contributed by atoms with E-state index in [1.165, 1.54) is 6.07 Å². The van der Waals surface area contributed by atoms with Crippen LogP contribution >= 0.6 is 23.2 Å². The fourth-order valence-corrected chi connectivity index (χ4v) is 2.97. The van der Waals surface area contributed by atoms with Gasteiger partial charge in [-0.05, 0) is 17.7 Å². The molecule has 17 heavy (non-hydrogen) atoms. The molecule has 0 aromatic heterocycles. The van der Waals surface area contributed by atoms with Crippen molar-refractivity contribution in [2.45, 2.75) is 11.3 Å². The van der Waals surface area contributed by atoms with Crippen molar-refractivity contribution in [2.75, 3.05) is 12.9 Å². The van der Waals surface area contributed by atoms with E-state index in [-0.39, 0.29) is 5.02 Å². The van der Waals surface area contributed by atoms with E-state index in [1.807, 2.05) is 0 Å². The van der Waals surface area contributed by atoms with Crippen molar-refractivity contribution in [3.63, 3.8) is 0 Å². The molecule has 0 heterocycles. The number of nitrogens with two attached hydrogens (primary N) is 1. The Labute approximate surface area is 110 Å². The highest BCUT2D eigenvalue weighted by Crippen LogP contribution is 2.28. The van der Waals surface area contributed by atoms with Crippen LogP contribution in [-0.4, -0.2) is 31.6 Å². The lowest BCUT2D eigenvalue weighted by Crippen LogP contribution is -2.36. The number of halogens is 2. The number of aliphatic hydroxyl groups is 1. The molecule has 4 nitrogen and oxygen atoms in total. The topological polar surface area (TPSA) is 80.4 Å². The minimum Gasteiger partial charge on any atom is -0.395 e. The summed E-state index contributed by atoms with van der Waals surface area (Å²) in [7, 11) is -3.46. The first-order chi connectivity index (χ1) is 7.77. The Morgan fingerprint density at radius 1 is 1.41 bits per heavy atom. The molecule has 1 aromatic rings. The van der Waals surface area contributed by atoms with E-state index >= 15 is 0 Å². The summed E-state index contributed by atoms with van der Waals surface area (Å²) in [5, 5.41) is 8.75. The Kier molecular flexibility index (Phi) is 4.80. The highest BCUT2D eigenvalue weighted by molar-refractivity contribution is 7.91. The fourth-order valence-electron chi connectivity index (χ4n) is 1.49. The third-order valence-corrected chi connectivity index (χ3v) is 4.56.